The number of hydrogen-bond donors (Lipinski definition) is 2. The van der Waals surface area contributed by atoms with Gasteiger partial charge < -0.3 is 25.1 Å². The van der Waals surface area contributed by atoms with Crippen molar-refractivity contribution in [2.24, 2.45) is 0 Å². The second kappa shape index (κ2) is 8.62. The Bertz CT molecular complexity index is 797. The van der Waals surface area contributed by atoms with Crippen molar-refractivity contribution in [3.05, 3.63) is 6.33 Å². The molecular weight excluding hydrogens is 356 g/mol. The molecule has 12 nitrogen and oxygen atoms in total. The van der Waals surface area contributed by atoms with Gasteiger partial charge in [-0.3, -0.25) is 13.8 Å². The third-order valence-electron chi connectivity index (χ3n) is 2.49. The average Bonchev–Trinajstić information content (AvgIpc) is 2.86. The normalized spacial score (nSPS) is 13.2. The Kier molecular flexibility index (Phi) is 7.42. The van der Waals surface area contributed by atoms with Gasteiger partial charge in [-0.25, -0.2) is 14.5 Å². The number of aldehydes is 1. The first kappa shape index (κ1) is 20.6. The Morgan fingerprint density at radius 3 is 2.83 bits per heavy atom. The van der Waals surface area contributed by atoms with E-state index < -0.39 is 32.7 Å². The number of hydrogen-bond acceptors (Lipinski definition) is 10. The van der Waals surface area contributed by atoms with E-state index in [0.29, 0.717) is 0 Å². The number of ketones is 1. The maximum atomic E-state index is 11.8. The quantitative estimate of drug-likeness (QED) is 0.260. The Morgan fingerprint density at radius 1 is 1.46 bits per heavy atom. The smallest absolute Gasteiger partial charge is 0.857 e. The Morgan fingerprint density at radius 2 is 2.17 bits per heavy atom. The van der Waals surface area contributed by atoms with Crippen LogP contribution in [-0.4, -0.2) is 49.7 Å². The van der Waals surface area contributed by atoms with Crippen molar-refractivity contribution in [2.75, 3.05) is 18.9 Å². The van der Waals surface area contributed by atoms with E-state index in [1.807, 2.05) is 0 Å². The molecule has 2 rings (SSSR count). The molecule has 0 fully saturated rings. The van der Waals surface area contributed by atoms with Crippen LogP contribution in [0.15, 0.2) is 6.33 Å². The first-order chi connectivity index (χ1) is 10.8. The van der Waals surface area contributed by atoms with Crippen LogP contribution in [0.3, 0.4) is 0 Å². The monoisotopic (exact) mass is 367 g/mol. The summed E-state index contributed by atoms with van der Waals surface area (Å²) in [6.45, 7) is -1.73. The van der Waals surface area contributed by atoms with E-state index in [0.717, 1.165) is 0 Å². The van der Waals surface area contributed by atoms with Crippen molar-refractivity contribution in [1.82, 2.24) is 19.5 Å². The molecule has 1 unspecified atom stereocenters. The number of aromatic nitrogens is 4. The fourth-order valence-electron chi connectivity index (χ4n) is 1.60. The molecule has 0 bridgehead atoms. The maximum Gasteiger partial charge on any atom is 1.00 e. The van der Waals surface area contributed by atoms with Crippen molar-refractivity contribution < 1.29 is 62.8 Å². The van der Waals surface area contributed by atoms with Gasteiger partial charge >= 0.3 is 37.4 Å². The summed E-state index contributed by atoms with van der Waals surface area (Å²) in [5.41, 5.74) is 5.35. The van der Waals surface area contributed by atoms with Gasteiger partial charge in [0.15, 0.2) is 11.4 Å². The van der Waals surface area contributed by atoms with Crippen molar-refractivity contribution in [1.29, 1.82) is 0 Å². The van der Waals surface area contributed by atoms with E-state index in [9.17, 15) is 19.3 Å². The van der Waals surface area contributed by atoms with Crippen LogP contribution in [-0.2, 0) is 29.7 Å². The van der Waals surface area contributed by atoms with E-state index in [1.54, 1.807) is 0 Å². The summed E-state index contributed by atoms with van der Waals surface area (Å²) in [5.74, 6) is -1.58. The molecule has 3 N–H and O–H groups in total. The minimum absolute atomic E-state index is 0. The van der Waals surface area contributed by atoms with Crippen molar-refractivity contribution >= 4 is 37.0 Å². The average molecular weight is 367 g/mol. The summed E-state index contributed by atoms with van der Waals surface area (Å²) in [6.07, 6.45) is 1.44. The SMILES string of the molecule is Nc1nc([O-])c2ncn(CC(=O)COP(=O)(O)OCC=O)c2n1.[Na+]. The molecule has 24 heavy (non-hydrogen) atoms. The summed E-state index contributed by atoms with van der Waals surface area (Å²) < 4.78 is 21.2. The number of imidazole rings is 1. The van der Waals surface area contributed by atoms with E-state index in [2.05, 4.69) is 24.0 Å². The molecule has 0 radical (unpaired) electrons. The van der Waals surface area contributed by atoms with Gasteiger partial charge in [0.1, 0.15) is 25.0 Å². The van der Waals surface area contributed by atoms with Crippen LogP contribution in [0.1, 0.15) is 0 Å². The molecule has 0 spiro atoms. The standard InChI is InChI=1S/C10H12N5O7P.Na/c11-10-13-8-7(9(18)14-10)12-5-15(8)3-6(17)4-22-23(19,20)21-2-1-16;/h1,5H,2-4H2,(H,19,20)(H3,11,13,14,18);/q;+1/p-1. The molecule has 0 aliphatic heterocycles. The number of rotatable bonds is 8. The summed E-state index contributed by atoms with van der Waals surface area (Å²) >= 11 is 0. The zero-order valence-electron chi connectivity index (χ0n) is 12.5. The number of anilines is 1. The number of carbonyl (C=O) groups is 2. The van der Waals surface area contributed by atoms with Gasteiger partial charge in [0, 0.05) is 5.88 Å². The third-order valence-corrected chi connectivity index (χ3v) is 3.42. The third kappa shape index (κ3) is 5.31. The Labute approximate surface area is 156 Å². The van der Waals surface area contributed by atoms with Crippen molar-refractivity contribution in [3.63, 3.8) is 0 Å². The predicted molar refractivity (Wildman–Crippen MR) is 72.0 cm³/mol. The van der Waals surface area contributed by atoms with E-state index in [1.165, 1.54) is 10.9 Å². The minimum atomic E-state index is -4.49. The van der Waals surface area contributed by atoms with Gasteiger partial charge in [-0.1, -0.05) is 0 Å². The number of Topliss-reactive ketones (excluding diaryl/α,β-unsaturated/α-hetero) is 1. The number of phosphoric acid groups is 1. The molecule has 2 aromatic heterocycles. The van der Waals surface area contributed by atoms with Gasteiger partial charge in [-0.2, -0.15) is 4.98 Å². The number of nitrogen functional groups attached to an aromatic ring is 1. The molecule has 0 aliphatic carbocycles. The van der Waals surface area contributed by atoms with Crippen LogP contribution in [0.5, 0.6) is 5.88 Å². The number of fused-ring (bicyclic) bond motifs is 1. The molecule has 124 valence electrons. The van der Waals surface area contributed by atoms with Crippen LogP contribution < -0.4 is 40.4 Å². The molecule has 0 saturated heterocycles. The number of nitrogens with zero attached hydrogens (tertiary/aromatic N) is 4. The minimum Gasteiger partial charge on any atom is -0.857 e. The molecule has 0 aliphatic rings. The number of nitrogens with two attached hydrogens (primary N) is 1. The fraction of sp³-hybridized carbons (Fsp3) is 0.300. The molecule has 2 heterocycles. The maximum absolute atomic E-state index is 11.8. The van der Waals surface area contributed by atoms with Gasteiger partial charge in [-0.15, -0.1) is 0 Å². The molecule has 2 aromatic rings. The van der Waals surface area contributed by atoms with Crippen LogP contribution in [0, 0.1) is 0 Å². The van der Waals surface area contributed by atoms with Crippen LogP contribution in [0.2, 0.25) is 0 Å². The zero-order valence-corrected chi connectivity index (χ0v) is 15.4. The molecule has 0 saturated carbocycles. The Hall–Kier alpha value is -1.40. The van der Waals surface area contributed by atoms with E-state index in [4.69, 9.17) is 10.6 Å². The number of phosphoric ester groups is 1. The predicted octanol–water partition coefficient (Wildman–Crippen LogP) is -4.61. The second-order valence-corrected chi connectivity index (χ2v) is 5.63. The first-order valence-electron chi connectivity index (χ1n) is 6.05. The molecule has 0 amide bonds. The molecular formula is C10H11N5NaO7P. The van der Waals surface area contributed by atoms with Crippen LogP contribution in [0.4, 0.5) is 5.95 Å². The topological polar surface area (TPSA) is 183 Å². The summed E-state index contributed by atoms with van der Waals surface area (Å²) in [4.78, 5) is 41.9. The van der Waals surface area contributed by atoms with Crippen molar-refractivity contribution in [2.45, 2.75) is 6.54 Å². The van der Waals surface area contributed by atoms with Crippen molar-refractivity contribution in [3.8, 4) is 5.88 Å². The summed E-state index contributed by atoms with van der Waals surface area (Å²) in [7, 11) is -4.49. The second-order valence-electron chi connectivity index (χ2n) is 4.17. The largest absolute Gasteiger partial charge is 1.00 e. The van der Waals surface area contributed by atoms with Crippen LogP contribution >= 0.6 is 7.82 Å². The van der Waals surface area contributed by atoms with Gasteiger partial charge in [0.2, 0.25) is 5.95 Å². The van der Waals surface area contributed by atoms with Gasteiger partial charge in [0.25, 0.3) is 0 Å². The molecule has 0 aromatic carbocycles. The van der Waals surface area contributed by atoms with Gasteiger partial charge in [-0.05, 0) is 0 Å². The summed E-state index contributed by atoms with van der Waals surface area (Å²) in [6, 6.07) is 0. The van der Waals surface area contributed by atoms with Crippen LogP contribution in [0.25, 0.3) is 11.2 Å². The molecule has 1 atom stereocenters. The number of carbonyl (C=O) groups excluding carboxylic acids is 2. The molecule has 14 heteroatoms. The van der Waals surface area contributed by atoms with Gasteiger partial charge in [0.05, 0.1) is 12.9 Å². The zero-order chi connectivity index (χ0) is 17.0. The van der Waals surface area contributed by atoms with E-state index in [-0.39, 0.29) is 59.5 Å². The van der Waals surface area contributed by atoms with E-state index >= 15 is 0 Å². The Balaban J connectivity index is 0.00000288. The summed E-state index contributed by atoms with van der Waals surface area (Å²) in [5, 5.41) is 11.5. The fourth-order valence-corrected chi connectivity index (χ4v) is 2.23. The first-order valence-corrected chi connectivity index (χ1v) is 7.54.